The first-order chi connectivity index (χ1) is 14.2. The first-order valence-electron chi connectivity index (χ1n) is 8.40. The molecule has 0 unspecified atom stereocenters. The molecule has 2 aromatic carbocycles. The second-order valence-electron chi connectivity index (χ2n) is 6.23. The Kier molecular flexibility index (Phi) is 5.68. The van der Waals surface area contributed by atoms with Crippen LogP contribution in [0.25, 0.3) is 0 Å². The molecule has 3 rings (SSSR count). The molecule has 1 aliphatic heterocycles. The number of benzene rings is 2. The lowest BCUT2D eigenvalue weighted by Gasteiger charge is -2.28. The van der Waals surface area contributed by atoms with Gasteiger partial charge in [-0.3, -0.25) is 4.79 Å². The maximum absolute atomic E-state index is 14.2. The van der Waals surface area contributed by atoms with E-state index >= 15 is 0 Å². The fourth-order valence-electron chi connectivity index (χ4n) is 2.85. The molecule has 0 fully saturated rings. The molecule has 1 aliphatic rings. The molecular formula is C18H14F2N4O5S. The molecule has 1 heterocycles. The van der Waals surface area contributed by atoms with Crippen molar-refractivity contribution in [1.82, 2.24) is 9.62 Å². The topological polar surface area (TPSA) is 140 Å². The van der Waals surface area contributed by atoms with E-state index in [1.165, 1.54) is 12.1 Å². The van der Waals surface area contributed by atoms with Crippen LogP contribution in [0, 0.1) is 23.0 Å². The van der Waals surface area contributed by atoms with E-state index in [9.17, 15) is 31.9 Å². The third kappa shape index (κ3) is 3.93. The molecule has 0 bridgehead atoms. The Morgan fingerprint density at radius 1 is 1.27 bits per heavy atom. The molecule has 2 aromatic rings. The molecule has 0 spiro atoms. The highest BCUT2D eigenvalue weighted by Crippen LogP contribution is 2.30. The number of carbonyl (C=O) groups excluding carboxylic acids is 2. The quantitative estimate of drug-likeness (QED) is 0.644. The molecule has 0 aliphatic carbocycles. The van der Waals surface area contributed by atoms with Gasteiger partial charge in [0.2, 0.25) is 5.91 Å². The number of nitriles is 1. The fraction of sp³-hybridized carbons (Fsp3) is 0.167. The molecular weight excluding hydrogens is 422 g/mol. The molecule has 1 atom stereocenters. The highest BCUT2D eigenvalue weighted by molar-refractivity contribution is 7.90. The number of urea groups is 1. The predicted molar refractivity (Wildman–Crippen MR) is 98.4 cm³/mol. The van der Waals surface area contributed by atoms with E-state index < -0.39 is 57.7 Å². The molecule has 0 saturated heterocycles. The van der Waals surface area contributed by atoms with Crippen LogP contribution in [0.1, 0.15) is 17.2 Å². The maximum atomic E-state index is 14.2. The number of anilines is 1. The molecule has 0 saturated carbocycles. The number of halogens is 2. The first kappa shape index (κ1) is 21.2. The SMILES string of the molecule is N#Cc1ccc([C@@H](CO)NC(=O)CN2C(=O)Nc3ccc(F)cc3S2(=O)=O)c(F)c1. The van der Waals surface area contributed by atoms with Gasteiger partial charge in [-0.25, -0.2) is 26.3 Å². The summed E-state index contributed by atoms with van der Waals surface area (Å²) < 4.78 is 53.1. The number of amides is 3. The van der Waals surface area contributed by atoms with Crippen LogP contribution in [-0.2, 0) is 14.8 Å². The maximum Gasteiger partial charge on any atom is 0.336 e. The van der Waals surface area contributed by atoms with Crippen molar-refractivity contribution in [1.29, 1.82) is 5.26 Å². The number of hydrogen-bond donors (Lipinski definition) is 3. The van der Waals surface area contributed by atoms with Crippen LogP contribution in [0.5, 0.6) is 0 Å². The van der Waals surface area contributed by atoms with Gasteiger partial charge in [0.15, 0.2) is 0 Å². The molecule has 0 radical (unpaired) electrons. The fourth-order valence-corrected chi connectivity index (χ4v) is 4.29. The Balaban J connectivity index is 1.81. The Morgan fingerprint density at radius 2 is 2.00 bits per heavy atom. The number of aliphatic hydroxyl groups is 1. The monoisotopic (exact) mass is 436 g/mol. The number of sulfonamides is 1. The first-order valence-corrected chi connectivity index (χ1v) is 9.84. The standard InChI is InChI=1S/C18H14F2N4O5S/c19-11-2-4-14-16(6-11)30(28,29)24(18(27)23-14)8-17(26)22-15(9-25)12-3-1-10(7-21)5-13(12)20/h1-6,15,25H,8-9H2,(H,22,26)(H,23,27)/t15-/m1/s1. The lowest BCUT2D eigenvalue weighted by Crippen LogP contribution is -2.49. The van der Waals surface area contributed by atoms with Crippen molar-refractivity contribution in [3.8, 4) is 6.07 Å². The van der Waals surface area contributed by atoms with Gasteiger partial charge in [-0.2, -0.15) is 5.26 Å². The van der Waals surface area contributed by atoms with Crippen LogP contribution in [0.3, 0.4) is 0 Å². The summed E-state index contributed by atoms with van der Waals surface area (Å²) in [6.07, 6.45) is 0. The van der Waals surface area contributed by atoms with Crippen molar-refractivity contribution < 1.29 is 31.9 Å². The number of hydrogen-bond acceptors (Lipinski definition) is 6. The second-order valence-corrected chi connectivity index (χ2v) is 8.06. The number of nitrogens with one attached hydrogen (secondary N) is 2. The van der Waals surface area contributed by atoms with Gasteiger partial charge in [0.05, 0.1) is 30.0 Å². The summed E-state index contributed by atoms with van der Waals surface area (Å²) >= 11 is 0. The van der Waals surface area contributed by atoms with Gasteiger partial charge in [-0.1, -0.05) is 6.07 Å². The summed E-state index contributed by atoms with van der Waals surface area (Å²) in [5.74, 6) is -2.73. The van der Waals surface area contributed by atoms with Gasteiger partial charge in [-0.05, 0) is 30.3 Å². The summed E-state index contributed by atoms with van der Waals surface area (Å²) in [5.41, 5.74) is -0.240. The van der Waals surface area contributed by atoms with Crippen LogP contribution in [0.2, 0.25) is 0 Å². The molecule has 3 amide bonds. The van der Waals surface area contributed by atoms with Gasteiger partial charge >= 0.3 is 6.03 Å². The summed E-state index contributed by atoms with van der Waals surface area (Å²) in [4.78, 5) is 24.0. The number of aliphatic hydroxyl groups excluding tert-OH is 1. The number of carbonyl (C=O) groups is 2. The van der Waals surface area contributed by atoms with E-state index in [1.54, 1.807) is 6.07 Å². The predicted octanol–water partition coefficient (Wildman–Crippen LogP) is 1.22. The minimum Gasteiger partial charge on any atom is -0.394 e. The van der Waals surface area contributed by atoms with Crippen molar-refractivity contribution in [2.75, 3.05) is 18.5 Å². The Morgan fingerprint density at radius 3 is 2.63 bits per heavy atom. The lowest BCUT2D eigenvalue weighted by molar-refractivity contribution is -0.122. The van der Waals surface area contributed by atoms with Gasteiger partial charge in [0.25, 0.3) is 10.0 Å². The van der Waals surface area contributed by atoms with Crippen LogP contribution in [0.4, 0.5) is 19.3 Å². The minimum atomic E-state index is -4.53. The van der Waals surface area contributed by atoms with Crippen molar-refractivity contribution in [2.24, 2.45) is 0 Å². The summed E-state index contributed by atoms with van der Waals surface area (Å²) in [6.45, 7) is -1.72. The Bertz CT molecular complexity index is 1180. The van der Waals surface area contributed by atoms with Crippen LogP contribution in [0.15, 0.2) is 41.3 Å². The van der Waals surface area contributed by atoms with E-state index in [4.69, 9.17) is 5.26 Å². The van der Waals surface area contributed by atoms with E-state index in [2.05, 4.69) is 10.6 Å². The molecule has 30 heavy (non-hydrogen) atoms. The largest absolute Gasteiger partial charge is 0.394 e. The average molecular weight is 436 g/mol. The zero-order chi connectivity index (χ0) is 22.1. The van der Waals surface area contributed by atoms with E-state index in [-0.39, 0.29) is 21.1 Å². The van der Waals surface area contributed by atoms with Crippen LogP contribution in [-0.4, -0.2) is 42.9 Å². The molecule has 0 aromatic heterocycles. The number of fused-ring (bicyclic) bond motifs is 1. The molecule has 3 N–H and O–H groups in total. The van der Waals surface area contributed by atoms with Gasteiger partial charge in [-0.15, -0.1) is 0 Å². The van der Waals surface area contributed by atoms with Crippen molar-refractivity contribution in [3.63, 3.8) is 0 Å². The van der Waals surface area contributed by atoms with E-state index in [0.29, 0.717) is 6.07 Å². The van der Waals surface area contributed by atoms with Gasteiger partial charge in [0, 0.05) is 5.56 Å². The highest BCUT2D eigenvalue weighted by atomic mass is 32.2. The van der Waals surface area contributed by atoms with Crippen LogP contribution < -0.4 is 10.6 Å². The number of rotatable bonds is 5. The smallest absolute Gasteiger partial charge is 0.336 e. The second kappa shape index (κ2) is 8.05. The zero-order valence-corrected chi connectivity index (χ0v) is 15.9. The molecule has 12 heteroatoms. The summed E-state index contributed by atoms with van der Waals surface area (Å²) in [6, 6.07) is 5.49. The third-order valence-electron chi connectivity index (χ3n) is 4.29. The highest BCUT2D eigenvalue weighted by Gasteiger charge is 2.38. The zero-order valence-electron chi connectivity index (χ0n) is 15.1. The van der Waals surface area contributed by atoms with Gasteiger partial charge in [0.1, 0.15) is 23.1 Å². The van der Waals surface area contributed by atoms with Crippen molar-refractivity contribution in [2.45, 2.75) is 10.9 Å². The third-order valence-corrected chi connectivity index (χ3v) is 6.06. The van der Waals surface area contributed by atoms with Crippen LogP contribution >= 0.6 is 0 Å². The van der Waals surface area contributed by atoms with E-state index in [1.807, 2.05) is 0 Å². The van der Waals surface area contributed by atoms with Crippen molar-refractivity contribution >= 4 is 27.6 Å². The Labute approximate surface area is 169 Å². The molecule has 9 nitrogen and oxygen atoms in total. The lowest BCUT2D eigenvalue weighted by atomic mass is 10.0. The van der Waals surface area contributed by atoms with Gasteiger partial charge < -0.3 is 15.7 Å². The normalized spacial score (nSPS) is 15.5. The summed E-state index contributed by atoms with van der Waals surface area (Å²) in [5, 5.41) is 22.7. The van der Waals surface area contributed by atoms with Crippen molar-refractivity contribution in [3.05, 3.63) is 59.2 Å². The Hall–Kier alpha value is -3.56. The minimum absolute atomic E-state index is 0.0289. The average Bonchev–Trinajstić information content (AvgIpc) is 2.70. The van der Waals surface area contributed by atoms with E-state index in [0.717, 1.165) is 18.2 Å². The summed E-state index contributed by atoms with van der Waals surface area (Å²) in [7, 11) is -4.53. The number of nitrogens with zero attached hydrogens (tertiary/aromatic N) is 2. The molecule has 156 valence electrons.